The Morgan fingerprint density at radius 3 is 2.27 bits per heavy atom. The summed E-state index contributed by atoms with van der Waals surface area (Å²) in [7, 11) is 2.87. The minimum Gasteiger partial charge on any atom is -0.497 e. The molecule has 0 saturated carbocycles. The van der Waals surface area contributed by atoms with Crippen molar-refractivity contribution < 1.29 is 46.1 Å². The number of fused-ring (bicyclic) bond motifs is 1. The van der Waals surface area contributed by atoms with Gasteiger partial charge >= 0.3 is 12.1 Å². The number of carbonyl (C=O) groups is 1. The Morgan fingerprint density at radius 2 is 1.64 bits per heavy atom. The molecule has 0 amide bonds. The van der Waals surface area contributed by atoms with Crippen LogP contribution in [0.25, 0.3) is 11.0 Å². The van der Waals surface area contributed by atoms with E-state index in [1.54, 1.807) is 0 Å². The highest BCUT2D eigenvalue weighted by atomic mass is 19.4. The maximum absolute atomic E-state index is 13.6. The molecular weight excluding hydrogens is 449 g/mol. The van der Waals surface area contributed by atoms with Crippen molar-refractivity contribution in [1.82, 2.24) is 0 Å². The Kier molecular flexibility index (Phi) is 7.44. The summed E-state index contributed by atoms with van der Waals surface area (Å²) < 4.78 is 70.9. The third-order valence-corrected chi connectivity index (χ3v) is 4.27. The Bertz CT molecular complexity index is 1170. The second-order valence-corrected chi connectivity index (χ2v) is 6.52. The second kappa shape index (κ2) is 10.3. The summed E-state index contributed by atoms with van der Waals surface area (Å²) in [4.78, 5) is 24.4. The summed E-state index contributed by atoms with van der Waals surface area (Å²) in [6.45, 7) is -0.268. The molecule has 0 atom stereocenters. The summed E-state index contributed by atoms with van der Waals surface area (Å²) in [5.74, 6) is -2.86. The van der Waals surface area contributed by atoms with Gasteiger partial charge in [0.1, 0.15) is 29.4 Å². The predicted octanol–water partition coefficient (Wildman–Crippen LogP) is 4.18. The van der Waals surface area contributed by atoms with E-state index < -0.39 is 35.7 Å². The van der Waals surface area contributed by atoms with E-state index in [4.69, 9.17) is 28.1 Å². The number of halogens is 3. The van der Waals surface area contributed by atoms with Gasteiger partial charge in [0, 0.05) is 13.2 Å². The van der Waals surface area contributed by atoms with E-state index in [-0.39, 0.29) is 35.7 Å². The van der Waals surface area contributed by atoms with Crippen molar-refractivity contribution in [3.63, 3.8) is 0 Å². The van der Waals surface area contributed by atoms with Gasteiger partial charge in [-0.15, -0.1) is 0 Å². The summed E-state index contributed by atoms with van der Waals surface area (Å²) in [6, 6.07) is 9.24. The Labute approximate surface area is 185 Å². The van der Waals surface area contributed by atoms with Crippen LogP contribution in [0.5, 0.6) is 23.0 Å². The lowest BCUT2D eigenvalue weighted by atomic mass is 10.2. The van der Waals surface area contributed by atoms with Crippen LogP contribution in [0.1, 0.15) is 5.76 Å². The number of methoxy groups -OCH3 is 2. The molecule has 3 rings (SSSR count). The largest absolute Gasteiger partial charge is 0.497 e. The third kappa shape index (κ3) is 5.95. The van der Waals surface area contributed by atoms with Gasteiger partial charge in [-0.3, -0.25) is 4.79 Å². The zero-order chi connectivity index (χ0) is 24.0. The van der Waals surface area contributed by atoms with Gasteiger partial charge < -0.3 is 28.1 Å². The third-order valence-electron chi connectivity index (χ3n) is 4.27. The van der Waals surface area contributed by atoms with Crippen molar-refractivity contribution >= 4 is 16.9 Å². The molecule has 176 valence electrons. The highest BCUT2D eigenvalue weighted by molar-refractivity contribution is 5.80. The van der Waals surface area contributed by atoms with E-state index in [0.29, 0.717) is 5.75 Å². The van der Waals surface area contributed by atoms with Crippen LogP contribution in [0.4, 0.5) is 13.2 Å². The van der Waals surface area contributed by atoms with Gasteiger partial charge in [-0.05, 0) is 36.4 Å². The highest BCUT2D eigenvalue weighted by Crippen LogP contribution is 2.38. The molecule has 11 heteroatoms. The van der Waals surface area contributed by atoms with Crippen LogP contribution >= 0.6 is 0 Å². The summed E-state index contributed by atoms with van der Waals surface area (Å²) in [5.41, 5.74) is -1.41. The molecule has 0 radical (unpaired) electrons. The molecule has 0 aliphatic carbocycles. The van der Waals surface area contributed by atoms with Crippen molar-refractivity contribution in [1.29, 1.82) is 0 Å². The SMILES string of the molecule is COCCOC(=O)COc1ccc2c(=O)c(Oc3ccc(OC)cc3)c(C(F)(F)F)oc2c1. The van der Waals surface area contributed by atoms with Crippen LogP contribution in [-0.4, -0.2) is 40.0 Å². The molecule has 0 N–H and O–H groups in total. The first kappa shape index (κ1) is 23.9. The molecule has 1 heterocycles. The van der Waals surface area contributed by atoms with E-state index in [1.807, 2.05) is 0 Å². The fourth-order valence-corrected chi connectivity index (χ4v) is 2.71. The Morgan fingerprint density at radius 1 is 0.970 bits per heavy atom. The lowest BCUT2D eigenvalue weighted by Gasteiger charge is -2.14. The van der Waals surface area contributed by atoms with Crippen molar-refractivity contribution in [2.75, 3.05) is 34.0 Å². The Hall–Kier alpha value is -3.73. The predicted molar refractivity (Wildman–Crippen MR) is 109 cm³/mol. The van der Waals surface area contributed by atoms with Gasteiger partial charge in [0.15, 0.2) is 6.61 Å². The van der Waals surface area contributed by atoms with Gasteiger partial charge in [0.05, 0.1) is 19.1 Å². The minimum atomic E-state index is -5.02. The quantitative estimate of drug-likeness (QED) is 0.341. The van der Waals surface area contributed by atoms with Crippen LogP contribution in [0, 0.1) is 0 Å². The van der Waals surface area contributed by atoms with Crippen LogP contribution in [0.2, 0.25) is 0 Å². The molecule has 0 fully saturated rings. The highest BCUT2D eigenvalue weighted by Gasteiger charge is 2.40. The molecule has 0 aliphatic rings. The average Bonchev–Trinajstić information content (AvgIpc) is 2.79. The summed E-state index contributed by atoms with van der Waals surface area (Å²) in [5, 5.41) is -0.165. The first-order chi connectivity index (χ1) is 15.7. The zero-order valence-electron chi connectivity index (χ0n) is 17.6. The van der Waals surface area contributed by atoms with E-state index >= 15 is 0 Å². The first-order valence-electron chi connectivity index (χ1n) is 9.50. The molecule has 2 aromatic carbocycles. The van der Waals surface area contributed by atoms with Gasteiger partial charge in [-0.25, -0.2) is 4.79 Å². The number of hydrogen-bond acceptors (Lipinski definition) is 8. The van der Waals surface area contributed by atoms with Crippen molar-refractivity contribution in [2.24, 2.45) is 0 Å². The van der Waals surface area contributed by atoms with Gasteiger partial charge in [0.2, 0.25) is 11.2 Å². The molecule has 33 heavy (non-hydrogen) atoms. The van der Waals surface area contributed by atoms with Gasteiger partial charge in [0.25, 0.3) is 5.76 Å². The van der Waals surface area contributed by atoms with Crippen molar-refractivity contribution in [3.8, 4) is 23.0 Å². The average molecular weight is 468 g/mol. The van der Waals surface area contributed by atoms with Crippen LogP contribution < -0.4 is 19.6 Å². The number of rotatable bonds is 9. The van der Waals surface area contributed by atoms with E-state index in [9.17, 15) is 22.8 Å². The topological polar surface area (TPSA) is 93.4 Å². The van der Waals surface area contributed by atoms with Gasteiger partial charge in [-0.1, -0.05) is 0 Å². The molecular formula is C22H19F3O8. The summed E-state index contributed by atoms with van der Waals surface area (Å²) in [6.07, 6.45) is -5.02. The van der Waals surface area contributed by atoms with Crippen LogP contribution in [-0.2, 0) is 20.4 Å². The lowest BCUT2D eigenvalue weighted by molar-refractivity contribution is -0.154. The fraction of sp³-hybridized carbons (Fsp3) is 0.273. The fourth-order valence-electron chi connectivity index (χ4n) is 2.71. The van der Waals surface area contributed by atoms with E-state index in [2.05, 4.69) is 0 Å². The number of hydrogen-bond donors (Lipinski definition) is 0. The lowest BCUT2D eigenvalue weighted by Crippen LogP contribution is -2.17. The van der Waals surface area contributed by atoms with Crippen LogP contribution in [0.3, 0.4) is 0 Å². The summed E-state index contributed by atoms with van der Waals surface area (Å²) >= 11 is 0. The molecule has 0 saturated heterocycles. The minimum absolute atomic E-state index is 0.00582. The normalized spacial score (nSPS) is 11.3. The molecule has 0 spiro atoms. The molecule has 8 nitrogen and oxygen atoms in total. The molecule has 3 aromatic rings. The zero-order valence-corrected chi connectivity index (χ0v) is 17.6. The smallest absolute Gasteiger partial charge is 0.453 e. The molecule has 0 unspecified atom stereocenters. The molecule has 0 bridgehead atoms. The Balaban J connectivity index is 1.91. The maximum Gasteiger partial charge on any atom is 0.453 e. The number of ether oxygens (including phenoxy) is 5. The monoisotopic (exact) mass is 468 g/mol. The standard InChI is InChI=1S/C22H19F3O8/c1-28-9-10-30-18(26)12-31-15-7-8-16-17(11-15)33-21(22(23,24)25)20(19(16)27)32-14-5-3-13(29-2)4-6-14/h3-8,11H,9-10,12H2,1-2H3. The van der Waals surface area contributed by atoms with Crippen molar-refractivity contribution in [3.05, 3.63) is 58.4 Å². The number of esters is 1. The van der Waals surface area contributed by atoms with Crippen molar-refractivity contribution in [2.45, 2.75) is 6.18 Å². The van der Waals surface area contributed by atoms with Crippen LogP contribution in [0.15, 0.2) is 51.7 Å². The molecule has 0 aliphatic heterocycles. The number of benzene rings is 2. The van der Waals surface area contributed by atoms with E-state index in [1.165, 1.54) is 50.6 Å². The number of alkyl halides is 3. The number of carbonyl (C=O) groups excluding carboxylic acids is 1. The molecule has 1 aromatic heterocycles. The maximum atomic E-state index is 13.6. The first-order valence-corrected chi connectivity index (χ1v) is 9.50. The second-order valence-electron chi connectivity index (χ2n) is 6.52. The van der Waals surface area contributed by atoms with E-state index in [0.717, 1.165) is 6.07 Å². The van der Waals surface area contributed by atoms with Gasteiger partial charge in [-0.2, -0.15) is 13.2 Å².